The van der Waals surface area contributed by atoms with E-state index in [-0.39, 0.29) is 5.69 Å². The van der Waals surface area contributed by atoms with Gasteiger partial charge in [-0.15, -0.1) is 0 Å². The largest absolute Gasteiger partial charge is 0.416 e. The van der Waals surface area contributed by atoms with Gasteiger partial charge in [0, 0.05) is 11.8 Å². The molecule has 6 nitrogen and oxygen atoms in total. The maximum atomic E-state index is 12.9. The van der Waals surface area contributed by atoms with Crippen LogP contribution >= 0.6 is 0 Å². The lowest BCUT2D eigenvalue weighted by atomic mass is 10.1. The summed E-state index contributed by atoms with van der Waals surface area (Å²) >= 11 is 0. The van der Waals surface area contributed by atoms with Crippen molar-refractivity contribution in [3.8, 4) is 5.69 Å². The molecule has 0 aliphatic heterocycles. The molecular formula is C23H26F3N5O. The molecule has 0 aliphatic carbocycles. The van der Waals surface area contributed by atoms with Crippen molar-refractivity contribution in [1.82, 2.24) is 9.78 Å². The Labute approximate surface area is 184 Å². The summed E-state index contributed by atoms with van der Waals surface area (Å²) < 4.78 is 40.4. The van der Waals surface area contributed by atoms with Crippen LogP contribution in [0.15, 0.2) is 54.6 Å². The third kappa shape index (κ3) is 6.10. The van der Waals surface area contributed by atoms with E-state index in [2.05, 4.69) is 22.7 Å². The molecule has 32 heavy (non-hydrogen) atoms. The number of aromatic nitrogens is 2. The quantitative estimate of drug-likeness (QED) is 0.435. The number of nitrogens with one attached hydrogen (secondary N) is 2. The van der Waals surface area contributed by atoms with E-state index in [1.54, 1.807) is 10.7 Å². The lowest BCUT2D eigenvalue weighted by Gasteiger charge is -2.12. The number of halogens is 3. The van der Waals surface area contributed by atoms with Gasteiger partial charge >= 0.3 is 12.2 Å². The molecule has 0 aliphatic rings. The van der Waals surface area contributed by atoms with Gasteiger partial charge in [0.25, 0.3) is 0 Å². The highest BCUT2D eigenvalue weighted by Gasteiger charge is 2.30. The first-order valence-corrected chi connectivity index (χ1v) is 10.4. The molecule has 0 unspecified atom stereocenters. The summed E-state index contributed by atoms with van der Waals surface area (Å²) in [5.74, 6) is 0.422. The van der Waals surface area contributed by atoms with Crippen molar-refractivity contribution in [3.05, 3.63) is 71.4 Å². The average Bonchev–Trinajstić information content (AvgIpc) is 3.14. The second-order valence-electron chi connectivity index (χ2n) is 7.40. The number of alkyl halides is 3. The number of nitrogens with two attached hydrogens (primary N) is 1. The zero-order valence-corrected chi connectivity index (χ0v) is 17.7. The fourth-order valence-electron chi connectivity index (χ4n) is 3.26. The van der Waals surface area contributed by atoms with Crippen molar-refractivity contribution in [2.75, 3.05) is 17.2 Å². The fourth-order valence-corrected chi connectivity index (χ4v) is 3.26. The molecule has 0 spiro atoms. The number of anilines is 2. The van der Waals surface area contributed by atoms with Crippen molar-refractivity contribution in [3.63, 3.8) is 0 Å². The van der Waals surface area contributed by atoms with Gasteiger partial charge in [0.05, 0.1) is 16.9 Å². The fraction of sp³-hybridized carbons (Fsp3) is 0.304. The lowest BCUT2D eigenvalue weighted by Crippen LogP contribution is -2.21. The van der Waals surface area contributed by atoms with Crippen molar-refractivity contribution < 1.29 is 18.0 Å². The molecule has 170 valence electrons. The van der Waals surface area contributed by atoms with Crippen LogP contribution in [0.25, 0.3) is 5.69 Å². The van der Waals surface area contributed by atoms with Gasteiger partial charge in [0.2, 0.25) is 0 Å². The zero-order chi connectivity index (χ0) is 23.1. The van der Waals surface area contributed by atoms with Crippen LogP contribution in [0.5, 0.6) is 0 Å². The van der Waals surface area contributed by atoms with Crippen molar-refractivity contribution in [1.29, 1.82) is 0 Å². The first-order valence-electron chi connectivity index (χ1n) is 10.4. The van der Waals surface area contributed by atoms with E-state index in [1.165, 1.54) is 12.1 Å². The molecule has 9 heteroatoms. The van der Waals surface area contributed by atoms with E-state index in [0.29, 0.717) is 18.8 Å². The van der Waals surface area contributed by atoms with E-state index in [4.69, 9.17) is 5.73 Å². The number of nitrogens with zero attached hydrogens (tertiary/aromatic N) is 2. The molecule has 0 fully saturated rings. The van der Waals surface area contributed by atoms with Crippen LogP contribution in [0.2, 0.25) is 0 Å². The van der Waals surface area contributed by atoms with Crippen molar-refractivity contribution >= 4 is 17.5 Å². The number of carbonyl (C=O) groups is 1. The van der Waals surface area contributed by atoms with E-state index in [0.717, 1.165) is 48.3 Å². The van der Waals surface area contributed by atoms with E-state index < -0.39 is 17.8 Å². The van der Waals surface area contributed by atoms with Crippen LogP contribution in [0.3, 0.4) is 0 Å². The lowest BCUT2D eigenvalue weighted by molar-refractivity contribution is -0.137. The van der Waals surface area contributed by atoms with Crippen LogP contribution in [-0.4, -0.2) is 22.4 Å². The third-order valence-corrected chi connectivity index (χ3v) is 4.82. The number of carbonyl (C=O) groups excluding carboxylic acids is 1. The van der Waals surface area contributed by atoms with Gasteiger partial charge in [-0.3, -0.25) is 5.32 Å². The predicted octanol–water partition coefficient (Wildman–Crippen LogP) is 5.38. The van der Waals surface area contributed by atoms with E-state index >= 15 is 0 Å². The standard InChI is InChI=1S/C23H26F3N5O/c1-2-3-8-19-15-21(31(30-19)20-10-4-6-16(13-20)11-12-27)29-22(32)28-18-9-5-7-17(14-18)23(24,25)26/h4-7,9-10,13-15H,2-3,8,11-12,27H2,1H3,(H2,28,29,32). The number of hydrogen-bond donors (Lipinski definition) is 3. The van der Waals surface area contributed by atoms with Gasteiger partial charge in [0.15, 0.2) is 0 Å². The Kier molecular flexibility index (Phi) is 7.53. The Morgan fingerprint density at radius 3 is 2.56 bits per heavy atom. The SMILES string of the molecule is CCCCc1cc(NC(=O)Nc2cccc(C(F)(F)F)c2)n(-c2cccc(CCN)c2)n1. The minimum absolute atomic E-state index is 0.0412. The first kappa shape index (κ1) is 23.3. The zero-order valence-electron chi connectivity index (χ0n) is 17.7. The summed E-state index contributed by atoms with van der Waals surface area (Å²) in [6.07, 6.45) is -1.10. The smallest absolute Gasteiger partial charge is 0.330 e. The third-order valence-electron chi connectivity index (χ3n) is 4.82. The summed E-state index contributed by atoms with van der Waals surface area (Å²) in [5, 5.41) is 9.79. The van der Waals surface area contributed by atoms with Gasteiger partial charge < -0.3 is 11.1 Å². The highest BCUT2D eigenvalue weighted by Crippen LogP contribution is 2.30. The van der Waals surface area contributed by atoms with Gasteiger partial charge in [-0.25, -0.2) is 9.48 Å². The van der Waals surface area contributed by atoms with Crippen LogP contribution in [0, 0.1) is 0 Å². The number of urea groups is 1. The number of hydrogen-bond acceptors (Lipinski definition) is 3. The molecule has 0 radical (unpaired) electrons. The Balaban J connectivity index is 1.84. The Morgan fingerprint density at radius 1 is 1.06 bits per heavy atom. The number of aryl methyl sites for hydroxylation is 1. The number of benzene rings is 2. The highest BCUT2D eigenvalue weighted by atomic mass is 19.4. The van der Waals surface area contributed by atoms with E-state index in [1.807, 2.05) is 24.3 Å². The molecule has 1 aromatic heterocycles. The number of amides is 2. The van der Waals surface area contributed by atoms with Crippen LogP contribution in [0.4, 0.5) is 29.5 Å². The van der Waals surface area contributed by atoms with Gasteiger partial charge in [-0.2, -0.15) is 18.3 Å². The molecule has 2 amide bonds. The Morgan fingerprint density at radius 2 is 1.84 bits per heavy atom. The van der Waals surface area contributed by atoms with Crippen LogP contribution in [0.1, 0.15) is 36.6 Å². The summed E-state index contributed by atoms with van der Waals surface area (Å²) in [6, 6.07) is 13.3. The Bertz CT molecular complexity index is 1060. The molecular weight excluding hydrogens is 419 g/mol. The molecule has 0 saturated carbocycles. The molecule has 4 N–H and O–H groups in total. The van der Waals surface area contributed by atoms with Crippen LogP contribution < -0.4 is 16.4 Å². The van der Waals surface area contributed by atoms with Crippen molar-refractivity contribution in [2.24, 2.45) is 5.73 Å². The molecule has 0 atom stereocenters. The first-order chi connectivity index (χ1) is 15.3. The minimum Gasteiger partial charge on any atom is -0.330 e. The van der Waals surface area contributed by atoms with Gasteiger partial charge in [0.1, 0.15) is 5.82 Å². The second-order valence-corrected chi connectivity index (χ2v) is 7.40. The monoisotopic (exact) mass is 445 g/mol. The van der Waals surface area contributed by atoms with Crippen LogP contribution in [-0.2, 0) is 19.0 Å². The number of rotatable bonds is 8. The average molecular weight is 445 g/mol. The molecule has 0 saturated heterocycles. The number of unbranched alkanes of at least 4 members (excludes halogenated alkanes) is 1. The summed E-state index contributed by atoms with van der Waals surface area (Å²) in [4.78, 5) is 12.6. The molecule has 3 rings (SSSR count). The molecule has 0 bridgehead atoms. The van der Waals surface area contributed by atoms with Crippen molar-refractivity contribution in [2.45, 2.75) is 38.8 Å². The maximum absolute atomic E-state index is 12.9. The second kappa shape index (κ2) is 10.3. The van der Waals surface area contributed by atoms with Gasteiger partial charge in [-0.05, 0) is 61.7 Å². The molecule has 3 aromatic rings. The molecule has 2 aromatic carbocycles. The minimum atomic E-state index is -4.49. The Hall–Kier alpha value is -3.33. The van der Waals surface area contributed by atoms with E-state index in [9.17, 15) is 18.0 Å². The highest BCUT2D eigenvalue weighted by molar-refractivity contribution is 5.99. The van der Waals surface area contributed by atoms with Gasteiger partial charge in [-0.1, -0.05) is 31.5 Å². The summed E-state index contributed by atoms with van der Waals surface area (Å²) in [7, 11) is 0. The predicted molar refractivity (Wildman–Crippen MR) is 119 cm³/mol. The topological polar surface area (TPSA) is 85.0 Å². The normalized spacial score (nSPS) is 11.4. The summed E-state index contributed by atoms with van der Waals surface area (Å²) in [6.45, 7) is 2.59. The summed E-state index contributed by atoms with van der Waals surface area (Å²) in [5.41, 5.74) is 7.47. The maximum Gasteiger partial charge on any atom is 0.416 e. The molecule has 1 heterocycles.